The average molecular weight is 350 g/mol. The number of benzene rings is 1. The zero-order valence-electron chi connectivity index (χ0n) is 14.4. The van der Waals surface area contributed by atoms with E-state index in [2.05, 4.69) is 15.3 Å². The predicted octanol–water partition coefficient (Wildman–Crippen LogP) is 2.44. The number of hydrogen-bond acceptors (Lipinski definition) is 4. The van der Waals surface area contributed by atoms with E-state index in [1.165, 1.54) is 24.3 Å². The minimum absolute atomic E-state index is 0.0176. The Bertz CT molecular complexity index is 811. The first kappa shape index (κ1) is 18.6. The highest BCUT2D eigenvalue weighted by Crippen LogP contribution is 2.27. The SMILES string of the molecule is CC(NC(=O)c1cc(=O)[nH]c(N(C)C)n1)c1ccc(C(C)(F)F)cc1. The van der Waals surface area contributed by atoms with Crippen LogP contribution < -0.4 is 15.8 Å². The highest BCUT2D eigenvalue weighted by molar-refractivity contribution is 5.92. The van der Waals surface area contributed by atoms with Gasteiger partial charge in [0.2, 0.25) is 5.95 Å². The van der Waals surface area contributed by atoms with Crippen LogP contribution in [0.25, 0.3) is 0 Å². The lowest BCUT2D eigenvalue weighted by Gasteiger charge is -2.17. The summed E-state index contributed by atoms with van der Waals surface area (Å²) in [5.41, 5.74) is 0.114. The number of carbonyl (C=O) groups is 1. The lowest BCUT2D eigenvalue weighted by molar-refractivity contribution is 0.0174. The van der Waals surface area contributed by atoms with Crippen LogP contribution in [0, 0.1) is 0 Å². The fraction of sp³-hybridized carbons (Fsp3) is 0.353. The van der Waals surface area contributed by atoms with Crippen LogP contribution in [0.15, 0.2) is 35.1 Å². The van der Waals surface area contributed by atoms with Gasteiger partial charge in [-0.05, 0) is 12.5 Å². The Morgan fingerprint density at radius 1 is 1.28 bits per heavy atom. The molecule has 134 valence electrons. The van der Waals surface area contributed by atoms with E-state index in [0.29, 0.717) is 5.56 Å². The van der Waals surface area contributed by atoms with Gasteiger partial charge in [0, 0.05) is 32.6 Å². The Hall–Kier alpha value is -2.77. The molecular weight excluding hydrogens is 330 g/mol. The molecule has 2 aromatic rings. The van der Waals surface area contributed by atoms with E-state index in [4.69, 9.17) is 0 Å². The molecule has 0 radical (unpaired) electrons. The van der Waals surface area contributed by atoms with Gasteiger partial charge in [-0.25, -0.2) is 13.8 Å². The molecule has 0 aliphatic carbocycles. The molecule has 8 heteroatoms. The third-order valence-electron chi connectivity index (χ3n) is 3.65. The van der Waals surface area contributed by atoms with Crippen molar-refractivity contribution in [1.82, 2.24) is 15.3 Å². The fourth-order valence-electron chi connectivity index (χ4n) is 2.19. The lowest BCUT2D eigenvalue weighted by Crippen LogP contribution is -2.30. The molecule has 2 rings (SSSR count). The lowest BCUT2D eigenvalue weighted by atomic mass is 10.0. The number of nitrogens with one attached hydrogen (secondary N) is 2. The molecule has 0 bridgehead atoms. The summed E-state index contributed by atoms with van der Waals surface area (Å²) >= 11 is 0. The first-order valence-electron chi connectivity index (χ1n) is 7.65. The van der Waals surface area contributed by atoms with Crippen molar-refractivity contribution in [2.75, 3.05) is 19.0 Å². The number of aromatic amines is 1. The highest BCUT2D eigenvalue weighted by Gasteiger charge is 2.24. The fourth-order valence-corrected chi connectivity index (χ4v) is 2.19. The Morgan fingerprint density at radius 2 is 1.88 bits per heavy atom. The van der Waals surface area contributed by atoms with Crippen LogP contribution in [0.1, 0.15) is 41.5 Å². The first-order valence-corrected chi connectivity index (χ1v) is 7.65. The van der Waals surface area contributed by atoms with Crippen molar-refractivity contribution in [3.05, 3.63) is 57.5 Å². The van der Waals surface area contributed by atoms with E-state index in [-0.39, 0.29) is 17.2 Å². The smallest absolute Gasteiger partial charge is 0.270 e. The third kappa shape index (κ3) is 4.62. The van der Waals surface area contributed by atoms with E-state index in [0.717, 1.165) is 13.0 Å². The van der Waals surface area contributed by atoms with Crippen molar-refractivity contribution in [2.45, 2.75) is 25.8 Å². The van der Waals surface area contributed by atoms with E-state index in [1.54, 1.807) is 25.9 Å². The second kappa shape index (κ2) is 7.00. The molecule has 1 aromatic heterocycles. The molecule has 6 nitrogen and oxygen atoms in total. The molecule has 0 aliphatic rings. The normalized spacial score (nSPS) is 12.6. The van der Waals surface area contributed by atoms with Gasteiger partial charge in [-0.2, -0.15) is 0 Å². The summed E-state index contributed by atoms with van der Waals surface area (Å²) in [6, 6.07) is 6.40. The Labute approximate surface area is 143 Å². The van der Waals surface area contributed by atoms with Crippen LogP contribution in [-0.4, -0.2) is 30.0 Å². The minimum Gasteiger partial charge on any atom is -0.348 e. The van der Waals surface area contributed by atoms with Gasteiger partial charge in [-0.15, -0.1) is 0 Å². The molecule has 1 atom stereocenters. The molecule has 0 saturated carbocycles. The first-order chi connectivity index (χ1) is 11.6. The van der Waals surface area contributed by atoms with Gasteiger partial charge < -0.3 is 10.2 Å². The number of H-pyrrole nitrogens is 1. The van der Waals surface area contributed by atoms with Gasteiger partial charge >= 0.3 is 0 Å². The predicted molar refractivity (Wildman–Crippen MR) is 91.1 cm³/mol. The van der Waals surface area contributed by atoms with Crippen molar-refractivity contribution in [3.8, 4) is 0 Å². The number of aromatic nitrogens is 2. The van der Waals surface area contributed by atoms with Gasteiger partial charge in [0.15, 0.2) is 0 Å². The molecule has 2 N–H and O–H groups in total. The second-order valence-corrected chi connectivity index (χ2v) is 6.05. The summed E-state index contributed by atoms with van der Waals surface area (Å²) in [6.07, 6.45) is 0. The highest BCUT2D eigenvalue weighted by atomic mass is 19.3. The van der Waals surface area contributed by atoms with E-state index in [9.17, 15) is 18.4 Å². The third-order valence-corrected chi connectivity index (χ3v) is 3.65. The van der Waals surface area contributed by atoms with Gasteiger partial charge in [0.05, 0.1) is 6.04 Å². The van der Waals surface area contributed by atoms with E-state index >= 15 is 0 Å². The summed E-state index contributed by atoms with van der Waals surface area (Å²) in [5.74, 6) is -3.17. The van der Waals surface area contributed by atoms with Crippen molar-refractivity contribution < 1.29 is 13.6 Å². The Balaban J connectivity index is 2.16. The number of nitrogens with zero attached hydrogens (tertiary/aromatic N) is 2. The summed E-state index contributed by atoms with van der Waals surface area (Å²) in [7, 11) is 3.38. The maximum Gasteiger partial charge on any atom is 0.270 e. The molecule has 1 unspecified atom stereocenters. The van der Waals surface area contributed by atoms with Crippen LogP contribution in [0.2, 0.25) is 0 Å². The number of rotatable bonds is 5. The number of hydrogen-bond donors (Lipinski definition) is 2. The average Bonchev–Trinajstić information content (AvgIpc) is 2.53. The number of halogens is 2. The summed E-state index contributed by atoms with van der Waals surface area (Å²) in [5, 5.41) is 2.70. The van der Waals surface area contributed by atoms with Crippen molar-refractivity contribution in [3.63, 3.8) is 0 Å². The van der Waals surface area contributed by atoms with E-state index in [1.807, 2.05) is 0 Å². The minimum atomic E-state index is -2.91. The number of anilines is 1. The molecule has 0 saturated heterocycles. The Kier molecular flexibility index (Phi) is 5.20. The van der Waals surface area contributed by atoms with Crippen LogP contribution in [-0.2, 0) is 5.92 Å². The van der Waals surface area contributed by atoms with Crippen molar-refractivity contribution in [1.29, 1.82) is 0 Å². The van der Waals surface area contributed by atoms with Gasteiger partial charge in [-0.1, -0.05) is 24.3 Å². The maximum atomic E-state index is 13.2. The van der Waals surface area contributed by atoms with Crippen LogP contribution >= 0.6 is 0 Å². The number of alkyl halides is 2. The molecule has 25 heavy (non-hydrogen) atoms. The molecule has 0 spiro atoms. The largest absolute Gasteiger partial charge is 0.348 e. The van der Waals surface area contributed by atoms with Crippen molar-refractivity contribution in [2.24, 2.45) is 0 Å². The monoisotopic (exact) mass is 350 g/mol. The topological polar surface area (TPSA) is 78.1 Å². The molecule has 0 fully saturated rings. The van der Waals surface area contributed by atoms with Gasteiger partial charge in [0.1, 0.15) is 5.69 Å². The number of carbonyl (C=O) groups excluding carboxylic acids is 1. The molecule has 1 heterocycles. The molecule has 0 aliphatic heterocycles. The summed E-state index contributed by atoms with van der Waals surface area (Å²) < 4.78 is 26.5. The summed E-state index contributed by atoms with van der Waals surface area (Å²) in [4.78, 5) is 32.1. The second-order valence-electron chi connectivity index (χ2n) is 6.05. The Morgan fingerprint density at radius 3 is 2.40 bits per heavy atom. The molecule has 1 aromatic carbocycles. The van der Waals surface area contributed by atoms with Crippen LogP contribution in [0.3, 0.4) is 0 Å². The van der Waals surface area contributed by atoms with E-state index < -0.39 is 23.4 Å². The molecule has 1 amide bonds. The van der Waals surface area contributed by atoms with Crippen molar-refractivity contribution >= 4 is 11.9 Å². The van der Waals surface area contributed by atoms with Crippen LogP contribution in [0.4, 0.5) is 14.7 Å². The van der Waals surface area contributed by atoms with Gasteiger partial charge in [-0.3, -0.25) is 14.6 Å². The van der Waals surface area contributed by atoms with Gasteiger partial charge in [0.25, 0.3) is 17.4 Å². The zero-order chi connectivity index (χ0) is 18.8. The molecular formula is C17H20F2N4O2. The zero-order valence-corrected chi connectivity index (χ0v) is 14.4. The quantitative estimate of drug-likeness (QED) is 0.868. The summed E-state index contributed by atoms with van der Waals surface area (Å²) in [6.45, 7) is 2.55. The standard InChI is InChI=1S/C17H20F2N4O2/c1-10(11-5-7-12(8-6-11)17(2,18)19)20-15(25)13-9-14(24)22-16(21-13)23(3)4/h5-10H,1-4H3,(H,20,25)(H,21,22,24). The maximum absolute atomic E-state index is 13.2. The number of amides is 1. The van der Waals surface area contributed by atoms with Crippen LogP contribution in [0.5, 0.6) is 0 Å².